The lowest BCUT2D eigenvalue weighted by molar-refractivity contribution is 0.459. The summed E-state index contributed by atoms with van der Waals surface area (Å²) in [5.74, 6) is 2.23. The highest BCUT2D eigenvalue weighted by Gasteiger charge is 2.16. The monoisotopic (exact) mass is 426 g/mol. The van der Waals surface area contributed by atoms with E-state index in [2.05, 4.69) is 14.7 Å². The summed E-state index contributed by atoms with van der Waals surface area (Å²) in [6.45, 7) is 3.66. The van der Waals surface area contributed by atoms with Crippen LogP contribution < -0.4 is 9.46 Å². The van der Waals surface area contributed by atoms with Crippen LogP contribution in [-0.2, 0) is 10.0 Å². The molecule has 3 aromatic heterocycles. The molecule has 0 amide bonds. The highest BCUT2D eigenvalue weighted by molar-refractivity contribution is 7.94. The first-order valence-electron chi connectivity index (χ1n) is 8.75. The molecule has 29 heavy (non-hydrogen) atoms. The van der Waals surface area contributed by atoms with E-state index in [9.17, 15) is 8.42 Å². The van der Waals surface area contributed by atoms with Crippen LogP contribution in [0.1, 0.15) is 10.7 Å². The van der Waals surface area contributed by atoms with Crippen molar-refractivity contribution in [1.82, 2.24) is 14.5 Å². The molecule has 0 fully saturated rings. The number of benzene rings is 1. The number of ether oxygens (including phenoxy) is 1. The minimum atomic E-state index is -3.60. The van der Waals surface area contributed by atoms with E-state index >= 15 is 0 Å². The molecule has 0 unspecified atom stereocenters. The predicted octanol–water partition coefficient (Wildman–Crippen LogP) is 4.54. The molecule has 0 radical (unpaired) electrons. The lowest BCUT2D eigenvalue weighted by atomic mass is 10.3. The summed E-state index contributed by atoms with van der Waals surface area (Å²) >= 11 is 1.23. The molecule has 0 aliphatic carbocycles. The molecule has 148 valence electrons. The Morgan fingerprint density at radius 2 is 1.72 bits per heavy atom. The van der Waals surface area contributed by atoms with Gasteiger partial charge in [-0.05, 0) is 62.4 Å². The van der Waals surface area contributed by atoms with E-state index in [1.54, 1.807) is 49.4 Å². The standard InChI is InChI=1S/C20H18N4O3S2/c1-14-5-10-20(28-14)29(25,26)23-16-6-8-17(9-7-16)27-19-13-18(21-15(2)22-19)24-11-3-4-12-24/h3-13,23H,1-2H3. The second kappa shape index (κ2) is 7.69. The molecule has 4 aromatic rings. The maximum absolute atomic E-state index is 12.4. The number of anilines is 1. The van der Waals surface area contributed by atoms with Crippen molar-refractivity contribution >= 4 is 27.0 Å². The van der Waals surface area contributed by atoms with Gasteiger partial charge in [-0.3, -0.25) is 4.72 Å². The van der Waals surface area contributed by atoms with Gasteiger partial charge < -0.3 is 9.30 Å². The zero-order valence-electron chi connectivity index (χ0n) is 15.7. The normalized spacial score (nSPS) is 11.4. The molecular formula is C20H18N4O3S2. The third-order valence-corrected chi connectivity index (χ3v) is 6.85. The van der Waals surface area contributed by atoms with E-state index in [1.807, 2.05) is 36.0 Å². The van der Waals surface area contributed by atoms with E-state index in [1.165, 1.54) is 11.3 Å². The summed E-state index contributed by atoms with van der Waals surface area (Å²) in [7, 11) is -3.60. The zero-order chi connectivity index (χ0) is 20.4. The van der Waals surface area contributed by atoms with Crippen LogP contribution >= 0.6 is 11.3 Å². The number of sulfonamides is 1. The van der Waals surface area contributed by atoms with Crippen molar-refractivity contribution in [2.75, 3.05) is 4.72 Å². The molecule has 4 rings (SSSR count). The van der Waals surface area contributed by atoms with Crippen LogP contribution in [0.25, 0.3) is 5.82 Å². The number of thiophene rings is 1. The molecule has 9 heteroatoms. The highest BCUT2D eigenvalue weighted by atomic mass is 32.2. The molecule has 0 bridgehead atoms. The van der Waals surface area contributed by atoms with Gasteiger partial charge in [-0.1, -0.05) is 0 Å². The average molecular weight is 427 g/mol. The molecular weight excluding hydrogens is 408 g/mol. The number of nitrogens with zero attached hydrogens (tertiary/aromatic N) is 3. The molecule has 0 aliphatic heterocycles. The Labute approximate surface area is 172 Å². The Balaban J connectivity index is 1.50. The zero-order valence-corrected chi connectivity index (χ0v) is 17.4. The Morgan fingerprint density at radius 1 is 1.00 bits per heavy atom. The van der Waals surface area contributed by atoms with Crippen molar-refractivity contribution in [2.24, 2.45) is 0 Å². The summed E-state index contributed by atoms with van der Waals surface area (Å²) in [5.41, 5.74) is 0.454. The van der Waals surface area contributed by atoms with Crippen LogP contribution in [0.5, 0.6) is 11.6 Å². The minimum absolute atomic E-state index is 0.282. The lowest BCUT2D eigenvalue weighted by Gasteiger charge is -2.10. The molecule has 0 aliphatic rings. The molecule has 1 N–H and O–H groups in total. The number of nitrogens with one attached hydrogen (secondary N) is 1. The summed E-state index contributed by atoms with van der Waals surface area (Å²) in [6, 6.07) is 15.6. The lowest BCUT2D eigenvalue weighted by Crippen LogP contribution is -2.11. The largest absolute Gasteiger partial charge is 0.439 e. The summed E-state index contributed by atoms with van der Waals surface area (Å²) in [4.78, 5) is 9.64. The Kier molecular flexibility index (Phi) is 5.08. The van der Waals surface area contributed by atoms with Crippen molar-refractivity contribution in [2.45, 2.75) is 18.1 Å². The number of hydrogen-bond acceptors (Lipinski definition) is 6. The average Bonchev–Trinajstić information content (AvgIpc) is 3.35. The third kappa shape index (κ3) is 4.47. The van der Waals surface area contributed by atoms with Crippen LogP contribution in [0.4, 0.5) is 5.69 Å². The van der Waals surface area contributed by atoms with Crippen LogP contribution in [0, 0.1) is 13.8 Å². The van der Waals surface area contributed by atoms with Gasteiger partial charge in [0.15, 0.2) is 0 Å². The maximum atomic E-state index is 12.4. The maximum Gasteiger partial charge on any atom is 0.271 e. The molecule has 0 saturated heterocycles. The fourth-order valence-electron chi connectivity index (χ4n) is 2.67. The first-order valence-corrected chi connectivity index (χ1v) is 11.1. The Bertz CT molecular complexity index is 1230. The van der Waals surface area contributed by atoms with Gasteiger partial charge in [-0.15, -0.1) is 11.3 Å². The van der Waals surface area contributed by atoms with E-state index in [0.29, 0.717) is 29.0 Å². The van der Waals surface area contributed by atoms with Gasteiger partial charge in [0.25, 0.3) is 10.0 Å². The molecule has 0 spiro atoms. The molecule has 0 saturated carbocycles. The SMILES string of the molecule is Cc1nc(Oc2ccc(NS(=O)(=O)c3ccc(C)s3)cc2)cc(-n2cccc2)n1. The van der Waals surface area contributed by atoms with Crippen molar-refractivity contribution in [1.29, 1.82) is 0 Å². The van der Waals surface area contributed by atoms with Crippen LogP contribution in [-0.4, -0.2) is 23.0 Å². The van der Waals surface area contributed by atoms with Gasteiger partial charge in [0.1, 0.15) is 21.6 Å². The van der Waals surface area contributed by atoms with Gasteiger partial charge in [0.05, 0.1) is 0 Å². The number of hydrogen-bond donors (Lipinski definition) is 1. The van der Waals surface area contributed by atoms with Crippen molar-refractivity contribution < 1.29 is 13.2 Å². The van der Waals surface area contributed by atoms with E-state index in [-0.39, 0.29) is 4.21 Å². The third-order valence-electron chi connectivity index (χ3n) is 3.98. The summed E-state index contributed by atoms with van der Waals surface area (Å²) in [5, 5.41) is 0. The smallest absolute Gasteiger partial charge is 0.271 e. The number of rotatable bonds is 6. The molecule has 7 nitrogen and oxygen atoms in total. The van der Waals surface area contributed by atoms with Crippen molar-refractivity contribution in [3.05, 3.63) is 77.7 Å². The quantitative estimate of drug-likeness (QED) is 0.489. The second-order valence-electron chi connectivity index (χ2n) is 6.30. The summed E-state index contributed by atoms with van der Waals surface area (Å²) in [6.07, 6.45) is 3.78. The molecule has 3 heterocycles. The Hall–Kier alpha value is -3.17. The number of aryl methyl sites for hydroxylation is 2. The van der Waals surface area contributed by atoms with Gasteiger partial charge in [-0.2, -0.15) is 4.98 Å². The topological polar surface area (TPSA) is 86.1 Å². The predicted molar refractivity (Wildman–Crippen MR) is 112 cm³/mol. The van der Waals surface area contributed by atoms with Crippen LogP contribution in [0.2, 0.25) is 0 Å². The van der Waals surface area contributed by atoms with Crippen LogP contribution in [0.3, 0.4) is 0 Å². The highest BCUT2D eigenvalue weighted by Crippen LogP contribution is 2.26. The van der Waals surface area contributed by atoms with Gasteiger partial charge >= 0.3 is 0 Å². The van der Waals surface area contributed by atoms with Crippen LogP contribution in [0.15, 0.2) is 71.2 Å². The first kappa shape index (κ1) is 19.2. The fourth-order valence-corrected chi connectivity index (χ4v) is 5.01. The Morgan fingerprint density at radius 3 is 2.38 bits per heavy atom. The minimum Gasteiger partial charge on any atom is -0.439 e. The second-order valence-corrected chi connectivity index (χ2v) is 9.50. The fraction of sp³-hybridized carbons (Fsp3) is 0.100. The van der Waals surface area contributed by atoms with Gasteiger partial charge in [0, 0.05) is 29.0 Å². The van der Waals surface area contributed by atoms with E-state index in [0.717, 1.165) is 4.88 Å². The first-order chi connectivity index (χ1) is 13.9. The molecule has 1 aromatic carbocycles. The summed E-state index contributed by atoms with van der Waals surface area (Å²) < 4.78 is 35.4. The van der Waals surface area contributed by atoms with E-state index < -0.39 is 10.0 Å². The van der Waals surface area contributed by atoms with Crippen molar-refractivity contribution in [3.63, 3.8) is 0 Å². The van der Waals surface area contributed by atoms with Gasteiger partial charge in [-0.25, -0.2) is 13.4 Å². The molecule has 0 atom stereocenters. The van der Waals surface area contributed by atoms with E-state index in [4.69, 9.17) is 4.74 Å². The van der Waals surface area contributed by atoms with Gasteiger partial charge in [0.2, 0.25) is 5.88 Å². The van der Waals surface area contributed by atoms with Crippen molar-refractivity contribution in [3.8, 4) is 17.4 Å². The number of aromatic nitrogens is 3.